The first-order valence-corrected chi connectivity index (χ1v) is 12.9. The molecular weight excluding hydrogens is 487 g/mol. The number of ether oxygens (including phenoxy) is 1. The maximum Gasteiger partial charge on any atom is 0.695 e. The molecule has 6 atom stereocenters. The molecule has 1 fully saturated rings. The summed E-state index contributed by atoms with van der Waals surface area (Å²) in [7, 11) is -12.9. The van der Waals surface area contributed by atoms with Gasteiger partial charge in [0.2, 0.25) is 5.95 Å². The fourth-order valence-electron chi connectivity index (χ4n) is 2.89. The van der Waals surface area contributed by atoms with Gasteiger partial charge in [0.1, 0.15) is 12.2 Å². The molecule has 6 unspecified atom stereocenters. The number of anilines is 1. The van der Waals surface area contributed by atoms with Crippen molar-refractivity contribution in [2.24, 2.45) is 0 Å². The Labute approximate surface area is 172 Å². The minimum atomic E-state index is -4.89. The number of fused-ring (bicyclic) bond motifs is 1. The Morgan fingerprint density at radius 1 is 1.35 bits per heavy atom. The summed E-state index contributed by atoms with van der Waals surface area (Å²) in [6, 6.07) is 0. The Morgan fingerprint density at radius 3 is 2.65 bits per heavy atom. The minimum absolute atomic E-state index is 0.115. The Bertz CT molecular complexity index is 1140. The molecule has 3 rings (SSSR count). The molecule has 1 aliphatic rings. The zero-order valence-electron chi connectivity index (χ0n) is 15.2. The molecular formula is C11H17N5O12P3+. The molecule has 2 aromatic rings. The van der Waals surface area contributed by atoms with E-state index in [1.807, 2.05) is 0 Å². The van der Waals surface area contributed by atoms with Crippen molar-refractivity contribution in [1.29, 1.82) is 0 Å². The van der Waals surface area contributed by atoms with Gasteiger partial charge in [0, 0.05) is 4.57 Å². The van der Waals surface area contributed by atoms with E-state index in [9.17, 15) is 28.5 Å². The minimum Gasteiger partial charge on any atom is -0.387 e. The molecule has 20 heteroatoms. The van der Waals surface area contributed by atoms with E-state index in [4.69, 9.17) is 29.7 Å². The smallest absolute Gasteiger partial charge is 0.387 e. The number of aromatic amines is 1. The molecule has 2 aromatic heterocycles. The van der Waals surface area contributed by atoms with Crippen LogP contribution in [-0.4, -0.2) is 75.0 Å². The summed E-state index contributed by atoms with van der Waals surface area (Å²) in [4.78, 5) is 58.3. The van der Waals surface area contributed by atoms with Crippen LogP contribution in [0.5, 0.6) is 0 Å². The Balaban J connectivity index is 1.89. The normalized spacial score (nSPS) is 26.8. The number of aromatic nitrogens is 4. The van der Waals surface area contributed by atoms with Crippen molar-refractivity contribution in [3.8, 4) is 0 Å². The number of nitrogens with one attached hydrogen (secondary N) is 1. The second-order valence-electron chi connectivity index (χ2n) is 6.38. The molecule has 0 saturated carbocycles. The zero-order chi connectivity index (χ0) is 23.1. The lowest BCUT2D eigenvalue weighted by atomic mass is 10.1. The quantitative estimate of drug-likeness (QED) is 0.198. The molecule has 0 aliphatic carbocycles. The van der Waals surface area contributed by atoms with Gasteiger partial charge in [0.25, 0.3) is 5.56 Å². The number of nitrogens with two attached hydrogens (primary N) is 1. The van der Waals surface area contributed by atoms with E-state index in [0.29, 0.717) is 0 Å². The Hall–Kier alpha value is -1.61. The molecule has 31 heavy (non-hydrogen) atoms. The largest absolute Gasteiger partial charge is 0.695 e. The first-order valence-electron chi connectivity index (χ1n) is 8.17. The van der Waals surface area contributed by atoms with E-state index in [1.165, 1.54) is 0 Å². The first-order chi connectivity index (χ1) is 14.3. The van der Waals surface area contributed by atoms with Crippen LogP contribution in [0.15, 0.2) is 11.1 Å². The van der Waals surface area contributed by atoms with Crippen LogP contribution in [0.3, 0.4) is 0 Å². The van der Waals surface area contributed by atoms with Crippen molar-refractivity contribution >= 4 is 40.6 Å². The van der Waals surface area contributed by atoms with Crippen LogP contribution in [-0.2, 0) is 27.5 Å². The highest BCUT2D eigenvalue weighted by atomic mass is 31.2. The number of rotatable bonds is 8. The third-order valence-electron chi connectivity index (χ3n) is 4.05. The average Bonchev–Trinajstić information content (AvgIpc) is 3.13. The summed E-state index contributed by atoms with van der Waals surface area (Å²) in [5, 5.41) is 10.4. The van der Waals surface area contributed by atoms with Gasteiger partial charge >= 0.3 is 23.4 Å². The van der Waals surface area contributed by atoms with Crippen LogP contribution < -0.4 is 11.3 Å². The number of hydrogen-bond donors (Lipinski definition) is 7. The Morgan fingerprint density at radius 2 is 2.03 bits per heavy atom. The second-order valence-corrected chi connectivity index (χ2v) is 11.1. The van der Waals surface area contributed by atoms with Gasteiger partial charge in [-0.2, -0.15) is 4.98 Å². The lowest BCUT2D eigenvalue weighted by Gasteiger charge is -2.18. The molecule has 0 aromatic carbocycles. The van der Waals surface area contributed by atoms with Crippen LogP contribution in [0.1, 0.15) is 6.23 Å². The van der Waals surface area contributed by atoms with Gasteiger partial charge in [-0.15, -0.1) is 9.42 Å². The fraction of sp³-hybridized carbons (Fsp3) is 0.545. The highest BCUT2D eigenvalue weighted by Crippen LogP contribution is 2.55. The third-order valence-corrected chi connectivity index (χ3v) is 7.93. The van der Waals surface area contributed by atoms with E-state index in [1.54, 1.807) is 0 Å². The SMILES string of the molecule is Nc1nc2c(ncn2C2OC(COP(=O)(O)CP(=O)(O)O)C(O)C2O[P+](=O)O)c(=O)[nH]1. The molecule has 8 N–H and O–H groups in total. The van der Waals surface area contributed by atoms with Crippen molar-refractivity contribution in [1.82, 2.24) is 19.5 Å². The predicted octanol–water partition coefficient (Wildman–Crippen LogP) is -1.67. The molecule has 3 heterocycles. The summed E-state index contributed by atoms with van der Waals surface area (Å²) < 4.78 is 50.0. The van der Waals surface area contributed by atoms with Gasteiger partial charge in [-0.25, -0.2) is 4.98 Å². The summed E-state index contributed by atoms with van der Waals surface area (Å²) in [6.07, 6.45) is -5.05. The topological polar surface area (TPSA) is 270 Å². The zero-order valence-corrected chi connectivity index (χ0v) is 17.8. The summed E-state index contributed by atoms with van der Waals surface area (Å²) in [5.41, 5.74) is 4.54. The van der Waals surface area contributed by atoms with Gasteiger partial charge in [-0.05, 0) is 0 Å². The number of H-pyrrole nitrogens is 1. The highest BCUT2D eigenvalue weighted by molar-refractivity contribution is 7.70. The van der Waals surface area contributed by atoms with Crippen LogP contribution in [0.25, 0.3) is 11.2 Å². The maximum atomic E-state index is 11.9. The van der Waals surface area contributed by atoms with Gasteiger partial charge in [-0.1, -0.05) is 0 Å². The lowest BCUT2D eigenvalue weighted by Crippen LogP contribution is -2.34. The van der Waals surface area contributed by atoms with Crippen LogP contribution in [0.2, 0.25) is 0 Å². The molecule has 0 amide bonds. The number of nitrogen functional groups attached to an aromatic ring is 1. The number of nitrogens with zero attached hydrogens (tertiary/aromatic N) is 3. The molecule has 0 bridgehead atoms. The first kappa shape index (κ1) is 24.0. The van der Waals surface area contributed by atoms with Crippen LogP contribution >= 0.6 is 23.4 Å². The van der Waals surface area contributed by atoms with E-state index in [-0.39, 0.29) is 17.1 Å². The maximum absolute atomic E-state index is 11.9. The monoisotopic (exact) mass is 504 g/mol. The summed E-state index contributed by atoms with van der Waals surface area (Å²) >= 11 is 0. The molecule has 1 aliphatic heterocycles. The van der Waals surface area contributed by atoms with E-state index >= 15 is 0 Å². The highest BCUT2D eigenvalue weighted by Gasteiger charge is 2.51. The molecule has 17 nitrogen and oxygen atoms in total. The molecule has 172 valence electrons. The predicted molar refractivity (Wildman–Crippen MR) is 99.9 cm³/mol. The van der Waals surface area contributed by atoms with E-state index in [0.717, 1.165) is 10.9 Å². The number of aliphatic hydroxyl groups is 1. The Kier molecular flexibility index (Phi) is 6.77. The van der Waals surface area contributed by atoms with Gasteiger partial charge in [0.15, 0.2) is 29.4 Å². The summed E-state index contributed by atoms with van der Waals surface area (Å²) in [5.74, 6) is -1.74. The van der Waals surface area contributed by atoms with Crippen molar-refractivity contribution < 1.29 is 52.2 Å². The molecule has 0 spiro atoms. The van der Waals surface area contributed by atoms with E-state index in [2.05, 4.69) is 19.5 Å². The average molecular weight is 504 g/mol. The lowest BCUT2D eigenvalue weighted by molar-refractivity contribution is -0.0458. The van der Waals surface area contributed by atoms with Crippen molar-refractivity contribution in [3.05, 3.63) is 16.7 Å². The van der Waals surface area contributed by atoms with E-state index < -0.39 is 66.1 Å². The van der Waals surface area contributed by atoms with Crippen LogP contribution in [0, 0.1) is 0 Å². The van der Waals surface area contributed by atoms with Crippen molar-refractivity contribution in [2.45, 2.75) is 24.5 Å². The van der Waals surface area contributed by atoms with Gasteiger partial charge < -0.3 is 34.8 Å². The molecule has 0 radical (unpaired) electrons. The van der Waals surface area contributed by atoms with Crippen molar-refractivity contribution in [3.63, 3.8) is 0 Å². The number of hydrogen-bond acceptors (Lipinski definition) is 11. The standard InChI is InChI=1S/C11H16N5O12P3/c12-11-14-8-5(9(18)15-11)13-2-16(8)10-7(28-29(19)20)6(17)4(27-10)1-26-31(24,25)3-30(21,22)23/h2,4,6-7,10,17H,1,3H2,(H6-,12,14,15,18,19,20,21,22,23,24,25)/p+1. The number of imidazole rings is 1. The van der Waals surface area contributed by atoms with Crippen molar-refractivity contribution in [2.75, 3.05) is 18.2 Å². The number of aliphatic hydroxyl groups excluding tert-OH is 1. The van der Waals surface area contributed by atoms with Gasteiger partial charge in [-0.3, -0.25) is 23.5 Å². The molecule has 1 saturated heterocycles. The fourth-order valence-corrected chi connectivity index (χ4v) is 5.90. The second kappa shape index (κ2) is 8.73. The van der Waals surface area contributed by atoms with Gasteiger partial charge in [0.05, 0.1) is 12.9 Å². The van der Waals surface area contributed by atoms with Crippen LogP contribution in [0.4, 0.5) is 5.95 Å². The third kappa shape index (κ3) is 5.61. The summed E-state index contributed by atoms with van der Waals surface area (Å²) in [6.45, 7) is -0.837.